The molecule has 0 unspecified atom stereocenters. The van der Waals surface area contributed by atoms with Crippen molar-refractivity contribution < 1.29 is 8.42 Å². The van der Waals surface area contributed by atoms with Crippen LogP contribution in [-0.4, -0.2) is 13.4 Å². The van der Waals surface area contributed by atoms with Crippen molar-refractivity contribution in [2.24, 2.45) is 0 Å². The van der Waals surface area contributed by atoms with Crippen LogP contribution in [0.5, 0.6) is 0 Å². The summed E-state index contributed by atoms with van der Waals surface area (Å²) in [7, 11) is -3.50. The van der Waals surface area contributed by atoms with Gasteiger partial charge in [0.1, 0.15) is 4.21 Å². The molecule has 0 aromatic carbocycles. The van der Waals surface area contributed by atoms with Gasteiger partial charge in [-0.2, -0.15) is 0 Å². The molecule has 90 valence electrons. The fourth-order valence-corrected chi connectivity index (χ4v) is 3.91. The summed E-state index contributed by atoms with van der Waals surface area (Å²) >= 11 is 4.47. The summed E-state index contributed by atoms with van der Waals surface area (Å²) in [4.78, 5) is 4.85. The van der Waals surface area contributed by atoms with Crippen molar-refractivity contribution in [3.63, 3.8) is 0 Å². The number of nitrogens with one attached hydrogen (secondary N) is 1. The minimum absolute atomic E-state index is 0.301. The van der Waals surface area contributed by atoms with Crippen LogP contribution in [0.25, 0.3) is 0 Å². The first kappa shape index (κ1) is 12.5. The van der Waals surface area contributed by atoms with Crippen molar-refractivity contribution in [2.75, 3.05) is 4.72 Å². The molecule has 0 spiro atoms. The van der Waals surface area contributed by atoms with Crippen LogP contribution in [0.1, 0.15) is 4.88 Å². The van der Waals surface area contributed by atoms with Crippen LogP contribution in [0, 0.1) is 6.92 Å². The number of rotatable bonds is 3. The normalized spacial score (nSPS) is 11.4. The number of hydrogen-bond acceptors (Lipinski definition) is 4. The number of halogens is 1. The van der Waals surface area contributed by atoms with Gasteiger partial charge >= 0.3 is 0 Å². The van der Waals surface area contributed by atoms with Gasteiger partial charge in [-0.3, -0.25) is 9.71 Å². The Morgan fingerprint density at radius 2 is 2.12 bits per heavy atom. The predicted octanol–water partition coefficient (Wildman–Crippen LogP) is 3.01. The number of aromatic nitrogens is 1. The Bertz CT molecular complexity index is 637. The molecule has 0 aliphatic carbocycles. The maximum absolute atomic E-state index is 12.0. The second-order valence-corrected chi connectivity index (χ2v) is 7.48. The minimum Gasteiger partial charge on any atom is -0.277 e. The number of hydrogen-bond donors (Lipinski definition) is 1. The van der Waals surface area contributed by atoms with Crippen LogP contribution >= 0.6 is 27.3 Å². The van der Waals surface area contributed by atoms with Crippen LogP contribution in [0.3, 0.4) is 0 Å². The van der Waals surface area contributed by atoms with E-state index in [0.29, 0.717) is 9.90 Å². The first-order valence-corrected chi connectivity index (χ1v) is 7.76. The fraction of sp³-hybridized carbons (Fsp3) is 0.100. The topological polar surface area (TPSA) is 59.1 Å². The van der Waals surface area contributed by atoms with Gasteiger partial charge in [-0.05, 0) is 41.1 Å². The Morgan fingerprint density at radius 3 is 2.71 bits per heavy atom. The molecule has 0 aliphatic heterocycles. The summed E-state index contributed by atoms with van der Waals surface area (Å²) in [6, 6.07) is 5.02. The molecule has 0 saturated carbocycles. The van der Waals surface area contributed by atoms with Crippen LogP contribution in [0.2, 0.25) is 0 Å². The number of thiophene rings is 1. The lowest BCUT2D eigenvalue weighted by Gasteiger charge is -2.05. The zero-order valence-electron chi connectivity index (χ0n) is 8.84. The van der Waals surface area contributed by atoms with Crippen molar-refractivity contribution in [1.29, 1.82) is 0 Å². The largest absolute Gasteiger partial charge is 0.277 e. The van der Waals surface area contributed by atoms with Crippen LogP contribution < -0.4 is 4.72 Å². The molecule has 2 aromatic heterocycles. The van der Waals surface area contributed by atoms with E-state index in [9.17, 15) is 8.42 Å². The summed E-state index contributed by atoms with van der Waals surface area (Å²) in [6.07, 6.45) is 3.05. The average Bonchev–Trinajstić information content (AvgIpc) is 2.65. The maximum Gasteiger partial charge on any atom is 0.271 e. The quantitative estimate of drug-likeness (QED) is 0.939. The third-order valence-corrected chi connectivity index (χ3v) is 5.25. The molecule has 0 amide bonds. The molecule has 2 rings (SSSR count). The Kier molecular flexibility index (Phi) is 3.50. The zero-order valence-corrected chi connectivity index (χ0v) is 12.1. The highest BCUT2D eigenvalue weighted by Crippen LogP contribution is 2.24. The second-order valence-electron chi connectivity index (χ2n) is 3.36. The van der Waals surface area contributed by atoms with Gasteiger partial charge in [0.25, 0.3) is 10.0 Å². The fourth-order valence-electron chi connectivity index (χ4n) is 1.23. The predicted molar refractivity (Wildman–Crippen MR) is 71.8 cm³/mol. The zero-order chi connectivity index (χ0) is 12.5. The number of aryl methyl sites for hydroxylation is 1. The van der Waals surface area contributed by atoms with E-state index in [4.69, 9.17) is 0 Å². The molecule has 2 aromatic rings. The number of pyridine rings is 1. The summed E-state index contributed by atoms with van der Waals surface area (Å²) in [5.74, 6) is 0. The lowest BCUT2D eigenvalue weighted by Crippen LogP contribution is -2.11. The standard InChI is InChI=1S/C10H9BrN2O2S2/c1-7-2-3-10(16-7)17(14,15)13-9-4-8(11)5-12-6-9/h2-6,13H,1H3. The van der Waals surface area contributed by atoms with E-state index in [0.717, 1.165) is 9.35 Å². The molecule has 1 N–H and O–H groups in total. The van der Waals surface area contributed by atoms with Crippen LogP contribution in [-0.2, 0) is 10.0 Å². The van der Waals surface area contributed by atoms with Crippen LogP contribution in [0.15, 0.2) is 39.3 Å². The summed E-state index contributed by atoms with van der Waals surface area (Å²) in [5.41, 5.74) is 0.436. The molecule has 4 nitrogen and oxygen atoms in total. The van der Waals surface area contributed by atoms with E-state index in [1.165, 1.54) is 17.5 Å². The van der Waals surface area contributed by atoms with E-state index in [1.807, 2.05) is 6.92 Å². The van der Waals surface area contributed by atoms with Crippen LogP contribution in [0.4, 0.5) is 5.69 Å². The van der Waals surface area contributed by atoms with Gasteiger partial charge in [-0.1, -0.05) is 0 Å². The van der Waals surface area contributed by atoms with Gasteiger partial charge in [0.2, 0.25) is 0 Å². The van der Waals surface area contributed by atoms with Crippen molar-refractivity contribution in [1.82, 2.24) is 4.98 Å². The molecule has 0 saturated heterocycles. The van der Waals surface area contributed by atoms with E-state index in [2.05, 4.69) is 25.6 Å². The Hall–Kier alpha value is -0.920. The van der Waals surface area contributed by atoms with Gasteiger partial charge in [0.15, 0.2) is 0 Å². The van der Waals surface area contributed by atoms with Gasteiger partial charge in [-0.25, -0.2) is 8.42 Å². The lowest BCUT2D eigenvalue weighted by molar-refractivity contribution is 0.603. The Labute approximate surface area is 112 Å². The summed E-state index contributed by atoms with van der Waals surface area (Å²) in [5, 5.41) is 0. The molecular weight excluding hydrogens is 324 g/mol. The van der Waals surface area contributed by atoms with Gasteiger partial charge < -0.3 is 0 Å². The monoisotopic (exact) mass is 332 g/mol. The number of nitrogens with zero attached hydrogens (tertiary/aromatic N) is 1. The molecule has 0 fully saturated rings. The third-order valence-electron chi connectivity index (χ3n) is 1.94. The van der Waals surface area contributed by atoms with Gasteiger partial charge in [-0.15, -0.1) is 11.3 Å². The first-order valence-electron chi connectivity index (χ1n) is 4.67. The Morgan fingerprint density at radius 1 is 1.35 bits per heavy atom. The van der Waals surface area contributed by atoms with Gasteiger partial charge in [0, 0.05) is 15.5 Å². The smallest absolute Gasteiger partial charge is 0.271 e. The highest BCUT2D eigenvalue weighted by Gasteiger charge is 2.16. The minimum atomic E-state index is -3.50. The van der Waals surface area contributed by atoms with E-state index >= 15 is 0 Å². The van der Waals surface area contributed by atoms with Crippen molar-refractivity contribution in [3.8, 4) is 0 Å². The van der Waals surface area contributed by atoms with E-state index in [-0.39, 0.29) is 0 Å². The van der Waals surface area contributed by atoms with Crippen molar-refractivity contribution in [3.05, 3.63) is 39.9 Å². The van der Waals surface area contributed by atoms with E-state index in [1.54, 1.807) is 24.4 Å². The molecule has 0 aliphatic rings. The summed E-state index contributed by atoms with van der Waals surface area (Å²) < 4.78 is 27.5. The van der Waals surface area contributed by atoms with Gasteiger partial charge in [0.05, 0.1) is 11.9 Å². The molecule has 2 heterocycles. The van der Waals surface area contributed by atoms with Crippen molar-refractivity contribution in [2.45, 2.75) is 11.1 Å². The number of sulfonamides is 1. The lowest BCUT2D eigenvalue weighted by atomic mass is 10.4. The molecule has 0 radical (unpaired) electrons. The first-order chi connectivity index (χ1) is 7.97. The maximum atomic E-state index is 12.0. The second kappa shape index (κ2) is 4.75. The third kappa shape index (κ3) is 3.05. The number of anilines is 1. The molecule has 0 bridgehead atoms. The molecular formula is C10H9BrN2O2S2. The highest BCUT2D eigenvalue weighted by atomic mass is 79.9. The highest BCUT2D eigenvalue weighted by molar-refractivity contribution is 9.10. The summed E-state index contributed by atoms with van der Waals surface area (Å²) in [6.45, 7) is 1.87. The average molecular weight is 333 g/mol. The SMILES string of the molecule is Cc1ccc(S(=O)(=O)Nc2cncc(Br)c2)s1. The Balaban J connectivity index is 2.29. The van der Waals surface area contributed by atoms with Crippen molar-refractivity contribution >= 4 is 43.0 Å². The molecule has 7 heteroatoms. The van der Waals surface area contributed by atoms with E-state index < -0.39 is 10.0 Å². The molecule has 17 heavy (non-hydrogen) atoms. The molecule has 0 atom stereocenters.